The van der Waals surface area contributed by atoms with Gasteiger partial charge >= 0.3 is 0 Å². The number of ketones is 1. The predicted molar refractivity (Wildman–Crippen MR) is 147 cm³/mol. The number of rotatable bonds is 29. The number of aliphatic hydroxyl groups is 1. The van der Waals surface area contributed by atoms with Gasteiger partial charge in [-0.3, -0.25) is 4.79 Å². The van der Waals surface area contributed by atoms with Crippen LogP contribution in [0.25, 0.3) is 0 Å². The molecule has 0 saturated heterocycles. The van der Waals surface area contributed by atoms with Gasteiger partial charge in [0.05, 0.1) is 0 Å². The molecule has 0 bridgehead atoms. The molecule has 0 aromatic rings. The highest BCUT2D eigenvalue weighted by atomic mass is 16.2. The molecule has 0 aliphatic carbocycles. The number of aliphatic hydroxyl groups excluding tert-OH is 1. The van der Waals surface area contributed by atoms with Crippen LogP contribution >= 0.6 is 0 Å². The van der Waals surface area contributed by atoms with Crippen LogP contribution in [-0.4, -0.2) is 17.5 Å². The lowest BCUT2D eigenvalue weighted by Gasteiger charge is -2.04. The Balaban J connectivity index is 3.14. The van der Waals surface area contributed by atoms with Crippen LogP contribution < -0.4 is 0 Å². The first-order valence-corrected chi connectivity index (χ1v) is 15.4. The van der Waals surface area contributed by atoms with Crippen molar-refractivity contribution < 1.29 is 9.90 Å². The van der Waals surface area contributed by atoms with Crippen molar-refractivity contribution in [3.63, 3.8) is 0 Å². The van der Waals surface area contributed by atoms with Gasteiger partial charge < -0.3 is 5.11 Å². The zero-order valence-corrected chi connectivity index (χ0v) is 22.9. The van der Waals surface area contributed by atoms with Gasteiger partial charge in [0.25, 0.3) is 0 Å². The smallest absolute Gasteiger partial charge is 0.132 e. The summed E-state index contributed by atoms with van der Waals surface area (Å²) in [5, 5.41) is 8.76. The number of carbonyl (C=O) groups excluding carboxylic acids is 1. The number of unbranched alkanes of at least 4 members (excludes halogenated alkanes) is 24. The minimum Gasteiger partial charge on any atom is -0.396 e. The summed E-state index contributed by atoms with van der Waals surface area (Å²) >= 11 is 0. The Kier molecular flexibility index (Phi) is 29.3. The molecular weight excluding hydrogens is 404 g/mol. The van der Waals surface area contributed by atoms with E-state index in [4.69, 9.17) is 5.11 Å². The summed E-state index contributed by atoms with van der Waals surface area (Å²) < 4.78 is 0. The number of Topliss-reactive ketones (excluding diaryl/α,β-unsaturated/α-hetero) is 1. The van der Waals surface area contributed by atoms with E-state index in [1.54, 1.807) is 0 Å². The molecule has 0 amide bonds. The predicted octanol–water partition coefficient (Wildman–Crippen LogP) is 10.5. The fraction of sp³-hybridized carbons (Fsp3) is 0.968. The van der Waals surface area contributed by atoms with Gasteiger partial charge in [-0.25, -0.2) is 0 Å². The highest BCUT2D eigenvalue weighted by Gasteiger charge is 2.02. The van der Waals surface area contributed by atoms with Crippen molar-refractivity contribution in [1.82, 2.24) is 0 Å². The van der Waals surface area contributed by atoms with E-state index in [0.717, 1.165) is 32.1 Å². The minimum atomic E-state index is 0.355. The number of carbonyl (C=O) groups is 1. The summed E-state index contributed by atoms with van der Waals surface area (Å²) in [6, 6.07) is 0. The SMILES string of the molecule is CCCCCCCCCCCCCCCC(=O)CCCCCCCCCCCCCCCO. The third-order valence-electron chi connectivity index (χ3n) is 7.17. The molecule has 0 aromatic heterocycles. The lowest BCUT2D eigenvalue weighted by Crippen LogP contribution is -1.97. The third-order valence-corrected chi connectivity index (χ3v) is 7.17. The molecule has 1 N–H and O–H groups in total. The van der Waals surface area contributed by atoms with Crippen molar-refractivity contribution in [2.75, 3.05) is 6.61 Å². The minimum absolute atomic E-state index is 0.355. The molecule has 0 rings (SSSR count). The van der Waals surface area contributed by atoms with Gasteiger partial charge in [0.2, 0.25) is 0 Å². The fourth-order valence-corrected chi connectivity index (χ4v) is 4.84. The molecule has 2 heteroatoms. The van der Waals surface area contributed by atoms with Crippen LogP contribution in [0.1, 0.15) is 187 Å². The quantitative estimate of drug-likeness (QED) is 0.111. The van der Waals surface area contributed by atoms with Crippen molar-refractivity contribution in [3.05, 3.63) is 0 Å². The van der Waals surface area contributed by atoms with Crippen LogP contribution in [0.3, 0.4) is 0 Å². The van der Waals surface area contributed by atoms with Crippen LogP contribution in [0, 0.1) is 0 Å². The molecule has 0 saturated carbocycles. The van der Waals surface area contributed by atoms with Crippen LogP contribution in [0.4, 0.5) is 0 Å². The molecule has 198 valence electrons. The topological polar surface area (TPSA) is 37.3 Å². The van der Waals surface area contributed by atoms with Gasteiger partial charge in [0.15, 0.2) is 0 Å². The lowest BCUT2D eigenvalue weighted by atomic mass is 10.0. The second kappa shape index (κ2) is 29.7. The van der Waals surface area contributed by atoms with E-state index >= 15 is 0 Å². The summed E-state index contributed by atoms with van der Waals surface area (Å²) in [6.07, 6.45) is 36.2. The van der Waals surface area contributed by atoms with Crippen LogP contribution in [-0.2, 0) is 4.79 Å². The largest absolute Gasteiger partial charge is 0.396 e. The maximum Gasteiger partial charge on any atom is 0.132 e. The van der Waals surface area contributed by atoms with Gasteiger partial charge in [-0.15, -0.1) is 0 Å². The van der Waals surface area contributed by atoms with Gasteiger partial charge in [-0.2, -0.15) is 0 Å². The molecule has 0 aliphatic rings. The van der Waals surface area contributed by atoms with E-state index in [1.165, 1.54) is 148 Å². The normalized spacial score (nSPS) is 11.3. The second-order valence-electron chi connectivity index (χ2n) is 10.6. The van der Waals surface area contributed by atoms with E-state index in [9.17, 15) is 4.79 Å². The van der Waals surface area contributed by atoms with Gasteiger partial charge in [-0.05, 0) is 19.3 Å². The average molecular weight is 467 g/mol. The van der Waals surface area contributed by atoms with Crippen molar-refractivity contribution in [2.45, 2.75) is 187 Å². The molecule has 0 aromatic carbocycles. The Morgan fingerprint density at radius 1 is 0.394 bits per heavy atom. The lowest BCUT2D eigenvalue weighted by molar-refractivity contribution is -0.119. The third kappa shape index (κ3) is 29.6. The first-order chi connectivity index (χ1) is 16.3. The Hall–Kier alpha value is -0.370. The van der Waals surface area contributed by atoms with E-state index in [0.29, 0.717) is 12.4 Å². The summed E-state index contributed by atoms with van der Waals surface area (Å²) in [6.45, 7) is 2.64. The maximum atomic E-state index is 12.1. The fourth-order valence-electron chi connectivity index (χ4n) is 4.84. The Morgan fingerprint density at radius 3 is 0.909 bits per heavy atom. The molecule has 0 spiro atoms. The number of hydrogen-bond acceptors (Lipinski definition) is 2. The highest BCUT2D eigenvalue weighted by molar-refractivity contribution is 5.78. The molecule has 0 heterocycles. The molecular formula is C31H62O2. The monoisotopic (exact) mass is 466 g/mol. The van der Waals surface area contributed by atoms with Crippen molar-refractivity contribution in [2.24, 2.45) is 0 Å². The molecule has 33 heavy (non-hydrogen) atoms. The van der Waals surface area contributed by atoms with E-state index in [-0.39, 0.29) is 0 Å². The van der Waals surface area contributed by atoms with Gasteiger partial charge in [-0.1, -0.05) is 155 Å². The van der Waals surface area contributed by atoms with E-state index < -0.39 is 0 Å². The highest BCUT2D eigenvalue weighted by Crippen LogP contribution is 2.15. The average Bonchev–Trinajstić information content (AvgIpc) is 2.82. The zero-order chi connectivity index (χ0) is 24.1. The Labute approximate surface area is 209 Å². The van der Waals surface area contributed by atoms with Crippen LogP contribution in [0.15, 0.2) is 0 Å². The Bertz CT molecular complexity index is 366. The zero-order valence-electron chi connectivity index (χ0n) is 22.9. The first-order valence-electron chi connectivity index (χ1n) is 15.4. The number of hydrogen-bond donors (Lipinski definition) is 1. The van der Waals surface area contributed by atoms with E-state index in [1.807, 2.05) is 0 Å². The molecule has 0 fully saturated rings. The molecule has 0 aliphatic heterocycles. The van der Waals surface area contributed by atoms with Crippen molar-refractivity contribution >= 4 is 5.78 Å². The van der Waals surface area contributed by atoms with Gasteiger partial charge in [0, 0.05) is 19.4 Å². The molecule has 2 nitrogen and oxygen atoms in total. The summed E-state index contributed by atoms with van der Waals surface area (Å²) in [7, 11) is 0. The maximum absolute atomic E-state index is 12.1. The molecule has 0 unspecified atom stereocenters. The summed E-state index contributed by atoms with van der Waals surface area (Å²) in [5.41, 5.74) is 0. The summed E-state index contributed by atoms with van der Waals surface area (Å²) in [4.78, 5) is 12.1. The first kappa shape index (κ1) is 32.6. The van der Waals surface area contributed by atoms with Crippen LogP contribution in [0.2, 0.25) is 0 Å². The van der Waals surface area contributed by atoms with Crippen molar-refractivity contribution in [1.29, 1.82) is 0 Å². The standard InChI is InChI=1S/C31H62O2/c1-2-3-4-5-6-7-8-10-13-16-19-22-25-28-31(33)29-26-23-20-17-14-11-9-12-15-18-21-24-27-30-32/h32H,2-30H2,1H3. The van der Waals surface area contributed by atoms with E-state index in [2.05, 4.69) is 6.92 Å². The molecule has 0 radical (unpaired) electrons. The van der Waals surface area contributed by atoms with Gasteiger partial charge in [0.1, 0.15) is 5.78 Å². The Morgan fingerprint density at radius 2 is 0.636 bits per heavy atom. The van der Waals surface area contributed by atoms with Crippen molar-refractivity contribution in [3.8, 4) is 0 Å². The summed E-state index contributed by atoms with van der Waals surface area (Å²) in [5.74, 6) is 0.511. The second-order valence-corrected chi connectivity index (χ2v) is 10.6. The van der Waals surface area contributed by atoms with Crippen LogP contribution in [0.5, 0.6) is 0 Å². The molecule has 0 atom stereocenters.